The molecule has 0 N–H and O–H groups in total. The molecule has 0 aliphatic carbocycles. The summed E-state index contributed by atoms with van der Waals surface area (Å²) in [5.74, 6) is 0. The zero-order valence-corrected chi connectivity index (χ0v) is 24.1. The molecule has 0 aromatic heterocycles. The third kappa shape index (κ3) is 7.26. The van der Waals surface area contributed by atoms with Gasteiger partial charge in [-0.25, -0.2) is 0 Å². The van der Waals surface area contributed by atoms with Gasteiger partial charge in [-0.2, -0.15) is 0 Å². The monoisotopic (exact) mass is 503 g/mol. The first-order valence-electron chi connectivity index (χ1n) is 13.3. The van der Waals surface area contributed by atoms with Crippen LogP contribution in [0.15, 0.2) is 104 Å². The van der Waals surface area contributed by atoms with Crippen molar-refractivity contribution in [2.75, 3.05) is 0 Å². The second-order valence-corrected chi connectivity index (χ2v) is 18.7. The van der Waals surface area contributed by atoms with E-state index >= 15 is 0 Å². The predicted molar refractivity (Wildman–Crippen MR) is 161 cm³/mol. The lowest BCUT2D eigenvalue weighted by molar-refractivity contribution is 0.184. The van der Waals surface area contributed by atoms with Crippen molar-refractivity contribution in [3.05, 3.63) is 104 Å². The summed E-state index contributed by atoms with van der Waals surface area (Å²) in [5, 5.41) is 4.43. The summed E-state index contributed by atoms with van der Waals surface area (Å²) >= 11 is 0. The molecule has 186 valence electrons. The highest BCUT2D eigenvalue weighted by atomic mass is 31.2. The molecule has 0 amide bonds. The molecule has 2 unspecified atom stereocenters. The largest absolute Gasteiger partial charge is 0.414 e. The van der Waals surface area contributed by atoms with Crippen LogP contribution in [-0.4, -0.2) is 20.1 Å². The lowest BCUT2D eigenvalue weighted by Gasteiger charge is -2.37. The van der Waals surface area contributed by atoms with Crippen LogP contribution < -0.4 is 15.9 Å². The molecule has 0 aliphatic heterocycles. The quantitative estimate of drug-likeness (QED) is 0.0934. The zero-order chi connectivity index (χ0) is 25.2. The highest BCUT2D eigenvalue weighted by Gasteiger charge is 2.52. The van der Waals surface area contributed by atoms with Gasteiger partial charge in [-0.05, 0) is 75.3 Å². The fraction of sp³-hybridized carbons (Fsp3) is 0.375. The van der Waals surface area contributed by atoms with Crippen LogP contribution in [0.4, 0.5) is 0 Å². The highest BCUT2D eigenvalue weighted by molar-refractivity contribution is 7.96. The van der Waals surface area contributed by atoms with E-state index in [9.17, 15) is 0 Å². The van der Waals surface area contributed by atoms with Gasteiger partial charge in [0.15, 0.2) is 8.32 Å². The van der Waals surface area contributed by atoms with E-state index in [1.807, 2.05) is 0 Å². The Morgan fingerprint density at radius 2 is 1.23 bits per heavy atom. The van der Waals surface area contributed by atoms with Gasteiger partial charge in [-0.3, -0.25) is 0 Å². The summed E-state index contributed by atoms with van der Waals surface area (Å²) < 4.78 is 6.80. The first-order valence-corrected chi connectivity index (χ1v) is 18.5. The fourth-order valence-electron chi connectivity index (χ4n) is 5.35. The molecular weight excluding hydrogens is 459 g/mol. The van der Waals surface area contributed by atoms with Crippen molar-refractivity contribution in [2.24, 2.45) is 0 Å². The van der Waals surface area contributed by atoms with Crippen LogP contribution in [0.1, 0.15) is 45.4 Å². The fourth-order valence-corrected chi connectivity index (χ4v) is 11.8. The van der Waals surface area contributed by atoms with Gasteiger partial charge in [0, 0.05) is 6.42 Å². The minimum Gasteiger partial charge on any atom is -0.414 e. The summed E-state index contributed by atoms with van der Waals surface area (Å²) in [6.07, 6.45) is 9.21. The van der Waals surface area contributed by atoms with E-state index in [-0.39, 0.29) is 6.10 Å². The molecule has 0 saturated heterocycles. The van der Waals surface area contributed by atoms with Crippen LogP contribution in [0.2, 0.25) is 19.6 Å². The average Bonchev–Trinajstić information content (AvgIpc) is 2.86. The van der Waals surface area contributed by atoms with Crippen molar-refractivity contribution in [1.82, 2.24) is 0 Å². The second-order valence-electron chi connectivity index (χ2n) is 10.5. The van der Waals surface area contributed by atoms with Crippen LogP contribution >= 0.6 is 7.26 Å². The smallest absolute Gasteiger partial charge is 0.184 e. The van der Waals surface area contributed by atoms with E-state index in [0.717, 1.165) is 12.8 Å². The molecule has 0 bridgehead atoms. The maximum absolute atomic E-state index is 6.80. The zero-order valence-electron chi connectivity index (χ0n) is 22.2. The molecule has 1 nitrogen and oxygen atoms in total. The van der Waals surface area contributed by atoms with Crippen molar-refractivity contribution < 1.29 is 4.43 Å². The number of rotatable bonds is 14. The van der Waals surface area contributed by atoms with Crippen LogP contribution in [-0.2, 0) is 4.43 Å². The maximum atomic E-state index is 6.80. The van der Waals surface area contributed by atoms with Crippen molar-refractivity contribution in [1.29, 1.82) is 0 Å². The van der Waals surface area contributed by atoms with Crippen LogP contribution in [0.25, 0.3) is 0 Å². The molecule has 0 aliphatic rings. The molecule has 0 heterocycles. The summed E-state index contributed by atoms with van der Waals surface area (Å²) in [6, 6.07) is 34.0. The average molecular weight is 504 g/mol. The van der Waals surface area contributed by atoms with Gasteiger partial charge in [0.05, 0.1) is 11.8 Å². The molecule has 3 rings (SSSR count). The lowest BCUT2D eigenvalue weighted by Crippen LogP contribution is -2.42. The molecule has 0 fully saturated rings. The summed E-state index contributed by atoms with van der Waals surface area (Å²) in [6.45, 7) is 13.3. The Morgan fingerprint density at radius 3 is 1.60 bits per heavy atom. The van der Waals surface area contributed by atoms with Crippen molar-refractivity contribution in [2.45, 2.75) is 76.9 Å². The summed E-state index contributed by atoms with van der Waals surface area (Å²) in [4.78, 5) is 0. The van der Waals surface area contributed by atoms with E-state index in [0.29, 0.717) is 5.66 Å². The topological polar surface area (TPSA) is 9.23 Å². The van der Waals surface area contributed by atoms with E-state index in [1.165, 1.54) is 41.6 Å². The predicted octanol–water partition coefficient (Wildman–Crippen LogP) is 8.12. The van der Waals surface area contributed by atoms with Crippen molar-refractivity contribution in [3.8, 4) is 0 Å². The standard InChI is InChI=1S/C32H44OPSi/c1-6-8-12-26-32(27-28(19-7-2)33-35(3,4)5)34(29-20-13-9-14-21-29,30-22-15-10-16-23-30)31-24-17-11-18-25-31/h7,9-11,13-18,20-25,28,32H,2,6,8,12,19,26-27H2,1,3-5H3/q+1. The molecule has 0 radical (unpaired) electrons. The Morgan fingerprint density at radius 1 is 0.771 bits per heavy atom. The van der Waals surface area contributed by atoms with Gasteiger partial charge in [-0.1, -0.05) is 80.4 Å². The maximum Gasteiger partial charge on any atom is 0.184 e. The second kappa shape index (κ2) is 13.4. The van der Waals surface area contributed by atoms with E-state index < -0.39 is 15.6 Å². The molecule has 35 heavy (non-hydrogen) atoms. The van der Waals surface area contributed by atoms with Crippen LogP contribution in [0, 0.1) is 0 Å². The van der Waals surface area contributed by atoms with Gasteiger partial charge < -0.3 is 4.43 Å². The Hall–Kier alpha value is -1.99. The first kappa shape index (κ1) is 27.6. The third-order valence-corrected chi connectivity index (χ3v) is 12.6. The van der Waals surface area contributed by atoms with Crippen LogP contribution in [0.3, 0.4) is 0 Å². The SMILES string of the molecule is C=CCC(CC(CCCCC)[P+](c1ccccc1)(c1ccccc1)c1ccccc1)O[Si](C)(C)C. The van der Waals surface area contributed by atoms with E-state index in [1.54, 1.807) is 0 Å². The van der Waals surface area contributed by atoms with Crippen LogP contribution in [0.5, 0.6) is 0 Å². The van der Waals surface area contributed by atoms with Gasteiger partial charge in [0.25, 0.3) is 0 Å². The number of hydrogen-bond donors (Lipinski definition) is 0. The summed E-state index contributed by atoms with van der Waals surface area (Å²) in [7, 11) is -3.64. The normalized spacial score (nSPS) is 13.8. The number of benzene rings is 3. The lowest BCUT2D eigenvalue weighted by atomic mass is 10.1. The van der Waals surface area contributed by atoms with Gasteiger partial charge >= 0.3 is 0 Å². The Balaban J connectivity index is 2.25. The molecule has 0 spiro atoms. The molecule has 3 heteroatoms. The third-order valence-electron chi connectivity index (χ3n) is 6.66. The minimum absolute atomic E-state index is 0.210. The van der Waals surface area contributed by atoms with Gasteiger partial charge in [-0.15, -0.1) is 6.58 Å². The Labute approximate surface area is 216 Å². The van der Waals surface area contributed by atoms with Crippen molar-refractivity contribution >= 4 is 31.5 Å². The van der Waals surface area contributed by atoms with E-state index in [2.05, 4.69) is 130 Å². The molecule has 3 aromatic carbocycles. The van der Waals surface area contributed by atoms with Gasteiger partial charge in [0.1, 0.15) is 23.2 Å². The summed E-state index contributed by atoms with van der Waals surface area (Å²) in [5.41, 5.74) is 0.502. The highest BCUT2D eigenvalue weighted by Crippen LogP contribution is 2.62. The molecule has 0 saturated carbocycles. The minimum atomic E-state index is -1.95. The molecule has 2 atom stereocenters. The van der Waals surface area contributed by atoms with Crippen molar-refractivity contribution in [3.63, 3.8) is 0 Å². The first-order chi connectivity index (χ1) is 16.9. The molecular formula is C32H44OPSi+. The molecule has 3 aromatic rings. The number of hydrogen-bond acceptors (Lipinski definition) is 1. The number of unbranched alkanes of at least 4 members (excludes halogenated alkanes) is 2. The Bertz CT molecular complexity index is 901. The van der Waals surface area contributed by atoms with E-state index in [4.69, 9.17) is 4.43 Å². The Kier molecular flexibility index (Phi) is 10.5. The van der Waals surface area contributed by atoms with Gasteiger partial charge in [0.2, 0.25) is 0 Å².